The predicted octanol–water partition coefficient (Wildman–Crippen LogP) is 6.40. The second kappa shape index (κ2) is 10.3. The number of rotatable bonds is 0. The summed E-state index contributed by atoms with van der Waals surface area (Å²) >= 11 is -1.97. The van der Waals surface area contributed by atoms with Crippen molar-refractivity contribution in [2.45, 2.75) is 20.8 Å². The van der Waals surface area contributed by atoms with Crippen LogP contribution in [0, 0.1) is 6.92 Å². The van der Waals surface area contributed by atoms with Gasteiger partial charge in [0, 0.05) is 0 Å². The van der Waals surface area contributed by atoms with E-state index in [-0.39, 0.29) is 0 Å². The molecule has 0 aliphatic carbocycles. The van der Waals surface area contributed by atoms with E-state index in [1.165, 1.54) is 19.6 Å². The third-order valence-corrected chi connectivity index (χ3v) is 11.7. The van der Waals surface area contributed by atoms with Gasteiger partial charge in [-0.05, 0) is 0 Å². The monoisotopic (exact) mass is 486 g/mol. The molecule has 3 aromatic carbocycles. The van der Waals surface area contributed by atoms with Crippen molar-refractivity contribution < 1.29 is 18.6 Å². The Morgan fingerprint density at radius 1 is 1.00 bits per heavy atom. The molecule has 0 N–H and O–H groups in total. The normalized spacial score (nSPS) is 9.19. The van der Waals surface area contributed by atoms with Crippen molar-refractivity contribution >= 4 is 31.2 Å². The fourth-order valence-electron chi connectivity index (χ4n) is 1.63. The Hall–Kier alpha value is -0.500. The van der Waals surface area contributed by atoms with E-state index >= 15 is 0 Å². The number of benzene rings is 1. The molecule has 0 aliphatic heterocycles. The average molecular weight is 486 g/mol. The molecule has 0 aromatic heterocycles. The van der Waals surface area contributed by atoms with Crippen molar-refractivity contribution in [3.05, 3.63) is 72.3 Å². The van der Waals surface area contributed by atoms with Crippen LogP contribution in [0.15, 0.2) is 66.7 Å². The van der Waals surface area contributed by atoms with Crippen LogP contribution in [0.25, 0.3) is 10.8 Å². The van der Waals surface area contributed by atoms with Gasteiger partial charge in [0.05, 0.1) is 0 Å². The van der Waals surface area contributed by atoms with E-state index < -0.39 is 18.6 Å². The topological polar surface area (TPSA) is 0 Å². The van der Waals surface area contributed by atoms with Crippen LogP contribution in [0.1, 0.15) is 19.4 Å². The maximum Gasteiger partial charge on any atom is -0.0809 e. The summed E-state index contributed by atoms with van der Waals surface area (Å²) in [5, 5.41) is 2.72. The van der Waals surface area contributed by atoms with Crippen LogP contribution in [0.5, 0.6) is 0 Å². The molecule has 0 nitrogen and oxygen atoms in total. The van der Waals surface area contributed by atoms with Gasteiger partial charge in [-0.2, -0.15) is 29.8 Å². The third kappa shape index (κ3) is 7.35. The van der Waals surface area contributed by atoms with Crippen LogP contribution in [-0.4, -0.2) is 3.26 Å². The van der Waals surface area contributed by atoms with Crippen molar-refractivity contribution in [1.29, 1.82) is 0 Å². The van der Waals surface area contributed by atoms with E-state index in [4.69, 9.17) is 17.2 Å². The van der Waals surface area contributed by atoms with Crippen LogP contribution in [0.3, 0.4) is 0 Å². The zero-order valence-electron chi connectivity index (χ0n) is 12.6. The molecule has 3 rings (SSSR count). The molecule has 21 heavy (non-hydrogen) atoms. The van der Waals surface area contributed by atoms with Crippen molar-refractivity contribution in [2.24, 2.45) is 0 Å². The first kappa shape index (κ1) is 18.5. The minimum atomic E-state index is -1.97. The predicted molar refractivity (Wildman–Crippen MR) is 94.4 cm³/mol. The van der Waals surface area contributed by atoms with E-state index in [9.17, 15) is 0 Å². The summed E-state index contributed by atoms with van der Waals surface area (Å²) in [7, 11) is 11.1. The molecule has 0 saturated carbocycles. The number of halogens is 2. The van der Waals surface area contributed by atoms with E-state index in [0.29, 0.717) is 0 Å². The molecule has 0 radical (unpaired) electrons. The first-order valence-corrected chi connectivity index (χ1v) is 17.5. The Balaban J connectivity index is 0.000000173. The van der Waals surface area contributed by atoms with Gasteiger partial charge in [-0.25, -0.2) is 12.1 Å². The molecular weight excluding hydrogens is 466 g/mol. The fraction of sp³-hybridized carbons (Fsp3) is 0.167. The maximum atomic E-state index is 5.55. The van der Waals surface area contributed by atoms with Gasteiger partial charge < -0.3 is 0 Å². The van der Waals surface area contributed by atoms with Crippen LogP contribution < -0.4 is 0 Å². The van der Waals surface area contributed by atoms with Crippen molar-refractivity contribution in [2.75, 3.05) is 0 Å². The number of hydrogen-bond acceptors (Lipinski definition) is 0. The van der Waals surface area contributed by atoms with Gasteiger partial charge in [-0.3, -0.25) is 0 Å². The summed E-state index contributed by atoms with van der Waals surface area (Å²) in [6.45, 7) is 6.12. The SMILES string of the molecule is C[C](C)=[Hf]([Cl])[Cl].Cc1c[cH-]c2ccccc12.c1cc[cH-]c1. The minimum Gasteiger partial charge on any atom is -0.214 e. The van der Waals surface area contributed by atoms with Crippen LogP contribution >= 0.6 is 17.2 Å². The largest absolute Gasteiger partial charge is 0.214 e. The molecule has 0 unspecified atom stereocenters. The molecule has 3 heteroatoms. The summed E-state index contributed by atoms with van der Waals surface area (Å²) in [4.78, 5) is 0. The molecule has 3 aromatic rings. The molecule has 0 spiro atoms. The molecule has 0 heterocycles. The average Bonchev–Trinajstić information content (AvgIpc) is 3.14. The molecule has 0 saturated heterocycles. The number of fused-ring (bicyclic) bond motifs is 1. The summed E-state index contributed by atoms with van der Waals surface area (Å²) < 4.78 is 1.25. The third-order valence-electron chi connectivity index (χ3n) is 2.83. The Morgan fingerprint density at radius 2 is 1.57 bits per heavy atom. The van der Waals surface area contributed by atoms with E-state index in [1.807, 2.05) is 44.2 Å². The standard InChI is InChI=1S/C10H9.C5H5.C3H6.2ClH.Hf/c1-8-6-7-9-4-2-3-5-10(8)9;1-2-4-5-3-1;1-3-2;;;/h2-7H,1H3;1-5H;1-2H3;2*1H;/q2*-1;;;;+2/p-2. The van der Waals surface area contributed by atoms with Gasteiger partial charge in [-0.15, -0.1) is 35.0 Å². The summed E-state index contributed by atoms with van der Waals surface area (Å²) in [5.74, 6) is 0. The van der Waals surface area contributed by atoms with Gasteiger partial charge in [-0.1, -0.05) is 13.0 Å². The van der Waals surface area contributed by atoms with Gasteiger partial charge in [0.15, 0.2) is 0 Å². The van der Waals surface area contributed by atoms with E-state index in [2.05, 4.69) is 43.3 Å². The molecule has 0 atom stereocenters. The first-order chi connectivity index (χ1) is 10.0. The first-order valence-electron chi connectivity index (χ1n) is 6.78. The van der Waals surface area contributed by atoms with Crippen molar-refractivity contribution in [3.8, 4) is 0 Å². The Bertz CT molecular complexity index is 628. The minimum absolute atomic E-state index is 1.25. The van der Waals surface area contributed by atoms with Crippen LogP contribution in [0.2, 0.25) is 0 Å². The Morgan fingerprint density at radius 3 is 2.00 bits per heavy atom. The zero-order chi connectivity index (χ0) is 15.7. The van der Waals surface area contributed by atoms with E-state index in [0.717, 1.165) is 0 Å². The summed E-state index contributed by atoms with van der Waals surface area (Å²) in [6, 6.07) is 22.8. The van der Waals surface area contributed by atoms with Gasteiger partial charge in [0.1, 0.15) is 0 Å². The maximum absolute atomic E-state index is 5.55. The van der Waals surface area contributed by atoms with Crippen LogP contribution in [-0.2, 0) is 18.6 Å². The smallest absolute Gasteiger partial charge is 0.0809 e. The zero-order valence-corrected chi connectivity index (χ0v) is 17.7. The van der Waals surface area contributed by atoms with Crippen molar-refractivity contribution in [1.82, 2.24) is 0 Å². The Kier molecular flexibility index (Phi) is 9.07. The summed E-state index contributed by atoms with van der Waals surface area (Å²) in [6.07, 6.45) is 0. The molecule has 0 amide bonds. The number of hydrogen-bond donors (Lipinski definition) is 0. The fourth-order valence-corrected chi connectivity index (χ4v) is 1.63. The van der Waals surface area contributed by atoms with Gasteiger partial charge in [0.25, 0.3) is 0 Å². The van der Waals surface area contributed by atoms with Gasteiger partial charge in [0.2, 0.25) is 0 Å². The Labute approximate surface area is 142 Å². The molecular formula is C18H20Cl2Hf-2. The second-order valence-corrected chi connectivity index (χ2v) is 18.1. The summed E-state index contributed by atoms with van der Waals surface area (Å²) in [5.41, 5.74) is 1.37. The van der Waals surface area contributed by atoms with Crippen molar-refractivity contribution in [3.63, 3.8) is 0 Å². The quantitative estimate of drug-likeness (QED) is 0.255. The second-order valence-electron chi connectivity index (χ2n) is 4.83. The van der Waals surface area contributed by atoms with Crippen LogP contribution in [0.4, 0.5) is 0 Å². The molecule has 0 bridgehead atoms. The molecule has 0 aliphatic rings. The van der Waals surface area contributed by atoms with E-state index in [1.54, 1.807) is 0 Å². The number of aryl methyl sites for hydroxylation is 1. The molecule has 0 fully saturated rings. The van der Waals surface area contributed by atoms with Gasteiger partial charge >= 0.3 is 52.8 Å². The molecule has 112 valence electrons.